The van der Waals surface area contributed by atoms with Gasteiger partial charge in [0.2, 0.25) is 0 Å². The fourth-order valence-corrected chi connectivity index (χ4v) is 2.22. The van der Waals surface area contributed by atoms with Crippen LogP contribution in [0.2, 0.25) is 0 Å². The van der Waals surface area contributed by atoms with Gasteiger partial charge >= 0.3 is 21.7 Å². The Balaban J connectivity index is 0. The molecule has 0 atom stereocenters. The molecule has 1 N–H and O–H groups in total. The van der Waals surface area contributed by atoms with E-state index in [1.54, 1.807) is 0 Å². The first-order valence-electron chi connectivity index (χ1n) is 5.94. The van der Waals surface area contributed by atoms with E-state index in [0.29, 0.717) is 0 Å². The third-order valence-corrected chi connectivity index (χ3v) is 2.98. The number of likely N-dealkylation sites (N-methyl/N-ethyl adjacent to an activating group) is 1. The molecule has 0 saturated carbocycles. The number of hydrogen-bond donors (Lipinski definition) is 1. The maximum Gasteiger partial charge on any atom is 2.00 e. The van der Waals surface area contributed by atoms with Crippen LogP contribution in [0.4, 0.5) is 0 Å². The topological polar surface area (TPSA) is 23.5 Å². The van der Waals surface area contributed by atoms with Crippen LogP contribution >= 0.6 is 0 Å². The van der Waals surface area contributed by atoms with Crippen LogP contribution < -0.4 is 24.8 Å². The van der Waals surface area contributed by atoms with Crippen molar-refractivity contribution in [3.8, 4) is 0 Å². The third kappa shape index (κ3) is 5.73. The van der Waals surface area contributed by atoms with Crippen molar-refractivity contribution in [2.24, 2.45) is 0 Å². The van der Waals surface area contributed by atoms with Crippen LogP contribution in [0.3, 0.4) is 0 Å². The summed E-state index contributed by atoms with van der Waals surface area (Å²) in [7, 11) is 4.16. The van der Waals surface area contributed by atoms with Crippen LogP contribution in [0, 0.1) is 0 Å². The first kappa shape index (κ1) is 22.2. The molecule has 2 rings (SSSR count). The molecule has 1 aliphatic carbocycles. The van der Waals surface area contributed by atoms with Gasteiger partial charge in [-0.05, 0) is 42.8 Å². The Morgan fingerprint density at radius 2 is 1.80 bits per heavy atom. The van der Waals surface area contributed by atoms with Gasteiger partial charge in [-0.25, -0.2) is 0 Å². The number of aliphatic hydroxyl groups excluding tert-OH is 1. The molecule has 0 unspecified atom stereocenters. The van der Waals surface area contributed by atoms with E-state index in [2.05, 4.69) is 37.2 Å². The summed E-state index contributed by atoms with van der Waals surface area (Å²) in [6, 6.07) is 8.07. The zero-order chi connectivity index (χ0) is 12.3. The molecule has 20 heavy (non-hydrogen) atoms. The van der Waals surface area contributed by atoms with Crippen LogP contribution in [0.25, 0.3) is 5.57 Å². The number of benzene rings is 1. The van der Waals surface area contributed by atoms with Gasteiger partial charge in [-0.3, -0.25) is 0 Å². The van der Waals surface area contributed by atoms with Gasteiger partial charge in [0.25, 0.3) is 0 Å². The fourth-order valence-electron chi connectivity index (χ4n) is 2.22. The summed E-state index contributed by atoms with van der Waals surface area (Å²) in [4.78, 5) is 2.17. The first-order chi connectivity index (χ1) is 8.20. The fraction of sp³-hybridized carbons (Fsp3) is 0.333. The molecule has 0 fully saturated rings. The van der Waals surface area contributed by atoms with Gasteiger partial charge in [0.15, 0.2) is 0 Å². The van der Waals surface area contributed by atoms with Crippen molar-refractivity contribution in [1.29, 1.82) is 0 Å². The summed E-state index contributed by atoms with van der Waals surface area (Å²) in [6.07, 6.45) is 5.48. The molecule has 1 aliphatic rings. The monoisotopic (exact) mass is 347 g/mol. The average Bonchev–Trinajstić information content (AvgIpc) is 2.76. The maximum atomic E-state index is 9.34. The molecule has 5 heteroatoms. The minimum Gasteiger partial charge on any atom is -1.00 e. The number of hydrogen-bond acceptors (Lipinski definition) is 2. The maximum absolute atomic E-state index is 9.34. The smallest absolute Gasteiger partial charge is 1.00 e. The molecule has 108 valence electrons. The number of rotatable bonds is 4. The molecule has 0 saturated heterocycles. The Morgan fingerprint density at radius 3 is 2.40 bits per heavy atom. The Kier molecular flexibility index (Phi) is 11.8. The summed E-state index contributed by atoms with van der Waals surface area (Å²) < 4.78 is 0. The Labute approximate surface area is 148 Å². The van der Waals surface area contributed by atoms with Gasteiger partial charge in [-0.1, -0.05) is 36.4 Å². The van der Waals surface area contributed by atoms with Gasteiger partial charge < -0.3 is 34.8 Å². The molecule has 0 aromatic heterocycles. The molecule has 1 aromatic carbocycles. The third-order valence-electron chi connectivity index (χ3n) is 2.98. The van der Waals surface area contributed by atoms with E-state index >= 15 is 0 Å². The van der Waals surface area contributed by atoms with Crippen molar-refractivity contribution < 1.29 is 51.6 Å². The summed E-state index contributed by atoms with van der Waals surface area (Å²) in [5.74, 6) is 0. The second-order valence-electron chi connectivity index (χ2n) is 4.71. The average molecular weight is 348 g/mol. The van der Waals surface area contributed by atoms with Crippen LogP contribution in [0.5, 0.6) is 0 Å². The second kappa shape index (κ2) is 10.6. The van der Waals surface area contributed by atoms with E-state index in [9.17, 15) is 5.11 Å². The van der Waals surface area contributed by atoms with E-state index < -0.39 is 0 Å². The first-order valence-corrected chi connectivity index (χ1v) is 5.94. The van der Waals surface area contributed by atoms with Crippen molar-refractivity contribution in [3.63, 3.8) is 0 Å². The molecule has 0 bridgehead atoms. The standard InChI is InChI=1S/C15H19NO.2ClH.Ti/c1-16(2)10-12-7-8-13(9-12)15-6-4-3-5-14(15)11-17;;;/h3-7,9,17H,8,10-11H2,1-2H3;2*1H;/q;;;+2/p-2. The van der Waals surface area contributed by atoms with Crippen molar-refractivity contribution >= 4 is 5.57 Å². The van der Waals surface area contributed by atoms with Gasteiger partial charge in [0.05, 0.1) is 6.61 Å². The molecule has 0 heterocycles. The SMILES string of the molecule is CN(C)CC1=CCC(c2ccccc2CO)=C1.[Cl-].[Cl-].[Ti+2]. The Morgan fingerprint density at radius 1 is 1.15 bits per heavy atom. The quantitative estimate of drug-likeness (QED) is 0.570. The van der Waals surface area contributed by atoms with E-state index in [-0.39, 0.29) is 53.1 Å². The van der Waals surface area contributed by atoms with Crippen molar-refractivity contribution in [3.05, 3.63) is 53.1 Å². The number of allylic oxidation sites excluding steroid dienone is 2. The molecule has 0 amide bonds. The summed E-state index contributed by atoms with van der Waals surface area (Å²) in [6.45, 7) is 1.08. The van der Waals surface area contributed by atoms with Crippen LogP contribution in [-0.2, 0) is 28.3 Å². The Bertz CT molecular complexity index is 473. The predicted molar refractivity (Wildman–Crippen MR) is 71.6 cm³/mol. The normalized spacial score (nSPS) is 12.8. The predicted octanol–water partition coefficient (Wildman–Crippen LogP) is -3.54. The summed E-state index contributed by atoms with van der Waals surface area (Å²) in [5, 5.41) is 9.34. The van der Waals surface area contributed by atoms with Gasteiger partial charge in [0, 0.05) is 6.54 Å². The zero-order valence-corrected chi connectivity index (χ0v) is 14.8. The second-order valence-corrected chi connectivity index (χ2v) is 4.71. The summed E-state index contributed by atoms with van der Waals surface area (Å²) >= 11 is 0. The van der Waals surface area contributed by atoms with Crippen molar-refractivity contribution in [2.45, 2.75) is 13.0 Å². The molecular weight excluding hydrogens is 329 g/mol. The van der Waals surface area contributed by atoms with Crippen LogP contribution in [-0.4, -0.2) is 30.6 Å². The number of halogens is 2. The van der Waals surface area contributed by atoms with Gasteiger partial charge in [-0.15, -0.1) is 0 Å². The largest absolute Gasteiger partial charge is 2.00 e. The number of nitrogens with zero attached hydrogens (tertiary/aromatic N) is 1. The van der Waals surface area contributed by atoms with Gasteiger partial charge in [-0.2, -0.15) is 0 Å². The van der Waals surface area contributed by atoms with E-state index in [1.165, 1.54) is 16.7 Å². The van der Waals surface area contributed by atoms with E-state index in [4.69, 9.17) is 0 Å². The minimum absolute atomic E-state index is 0. The molecule has 0 aliphatic heterocycles. The van der Waals surface area contributed by atoms with E-state index in [0.717, 1.165) is 18.5 Å². The van der Waals surface area contributed by atoms with Crippen molar-refractivity contribution in [1.82, 2.24) is 4.90 Å². The number of aliphatic hydroxyl groups is 1. The molecule has 0 spiro atoms. The molecular formula is C15H19Cl2NOTi. The Hall–Kier alpha value is -0.0857. The van der Waals surface area contributed by atoms with Crippen LogP contribution in [0.15, 0.2) is 42.0 Å². The molecule has 0 radical (unpaired) electrons. The van der Waals surface area contributed by atoms with Crippen LogP contribution in [0.1, 0.15) is 17.5 Å². The minimum atomic E-state index is 0. The van der Waals surface area contributed by atoms with Gasteiger partial charge in [0.1, 0.15) is 0 Å². The zero-order valence-electron chi connectivity index (χ0n) is 11.7. The van der Waals surface area contributed by atoms with Crippen molar-refractivity contribution in [2.75, 3.05) is 20.6 Å². The summed E-state index contributed by atoms with van der Waals surface area (Å²) in [5.41, 5.74) is 4.86. The van der Waals surface area contributed by atoms with E-state index in [1.807, 2.05) is 18.2 Å². The molecule has 2 nitrogen and oxygen atoms in total. The molecule has 1 aromatic rings.